The van der Waals surface area contributed by atoms with Gasteiger partial charge < -0.3 is 15.0 Å². The van der Waals surface area contributed by atoms with E-state index in [0.717, 1.165) is 28.4 Å². The van der Waals surface area contributed by atoms with E-state index >= 15 is 0 Å². The molecule has 2 aromatic rings. The van der Waals surface area contributed by atoms with Crippen molar-refractivity contribution in [3.8, 4) is 5.75 Å². The second kappa shape index (κ2) is 12.6. The minimum absolute atomic E-state index is 0.0526. The Labute approximate surface area is 200 Å². The third-order valence-corrected chi connectivity index (χ3v) is 6.20. The molecule has 0 heterocycles. The molecule has 0 aliphatic rings. The lowest BCUT2D eigenvalue weighted by Crippen LogP contribution is -2.51. The van der Waals surface area contributed by atoms with E-state index in [1.165, 1.54) is 5.56 Å². The predicted octanol–water partition coefficient (Wildman–Crippen LogP) is 5.42. The number of nitrogens with zero attached hydrogens (tertiary/aromatic N) is 1. The zero-order valence-electron chi connectivity index (χ0n) is 19.8. The number of carbonyl (C=O) groups excluding carboxylic acids is 2. The maximum Gasteiger partial charge on any atom is 0.261 e. The molecule has 32 heavy (non-hydrogen) atoms. The Bertz CT molecular complexity index is 916. The first kappa shape index (κ1) is 25.9. The van der Waals surface area contributed by atoms with Crippen LogP contribution in [0.1, 0.15) is 57.2 Å². The number of carbonyl (C=O) groups is 2. The number of halogens is 1. The van der Waals surface area contributed by atoms with Crippen molar-refractivity contribution in [2.75, 3.05) is 6.61 Å². The van der Waals surface area contributed by atoms with E-state index in [2.05, 4.69) is 28.2 Å². The second-order valence-electron chi connectivity index (χ2n) is 8.16. The number of amides is 2. The van der Waals surface area contributed by atoms with Gasteiger partial charge in [0.25, 0.3) is 5.91 Å². The van der Waals surface area contributed by atoms with Crippen molar-refractivity contribution >= 4 is 27.7 Å². The van der Waals surface area contributed by atoms with Gasteiger partial charge in [-0.05, 0) is 72.3 Å². The summed E-state index contributed by atoms with van der Waals surface area (Å²) in [7, 11) is 0. The highest BCUT2D eigenvalue weighted by atomic mass is 79.9. The third-order valence-electron chi connectivity index (χ3n) is 5.58. The highest BCUT2D eigenvalue weighted by molar-refractivity contribution is 9.10. The van der Waals surface area contributed by atoms with Crippen LogP contribution in [0, 0.1) is 6.92 Å². The molecule has 174 valence electrons. The minimum Gasteiger partial charge on any atom is -0.483 e. The molecule has 2 aromatic carbocycles. The van der Waals surface area contributed by atoms with Gasteiger partial charge in [0.15, 0.2) is 6.61 Å². The van der Waals surface area contributed by atoms with E-state index in [1.54, 1.807) is 4.90 Å². The first-order valence-corrected chi connectivity index (χ1v) is 12.1. The number of nitrogens with one attached hydrogen (secondary N) is 1. The van der Waals surface area contributed by atoms with E-state index in [4.69, 9.17) is 4.74 Å². The number of ether oxygens (including phenoxy) is 1. The first-order valence-electron chi connectivity index (χ1n) is 11.4. The van der Waals surface area contributed by atoms with E-state index in [0.29, 0.717) is 18.7 Å². The van der Waals surface area contributed by atoms with Gasteiger partial charge in [0.1, 0.15) is 11.8 Å². The SMILES string of the molecule is CCc1ccc(OCC(=O)N(Cc2cccc(C)c2)[C@H](CC)C(=O)N[C@@H](C)CC)c(Br)c1. The molecule has 0 aromatic heterocycles. The normalized spacial score (nSPS) is 12.7. The maximum atomic E-state index is 13.3. The summed E-state index contributed by atoms with van der Waals surface area (Å²) in [5.74, 6) is 0.267. The zero-order chi connectivity index (χ0) is 23.7. The van der Waals surface area contributed by atoms with Crippen molar-refractivity contribution in [3.05, 3.63) is 63.6 Å². The molecule has 2 rings (SSSR count). The minimum atomic E-state index is -0.563. The largest absolute Gasteiger partial charge is 0.483 e. The molecule has 0 bridgehead atoms. The van der Waals surface area contributed by atoms with E-state index in [9.17, 15) is 9.59 Å². The maximum absolute atomic E-state index is 13.3. The molecule has 0 fully saturated rings. The lowest BCUT2D eigenvalue weighted by Gasteiger charge is -2.31. The smallest absolute Gasteiger partial charge is 0.261 e. The van der Waals surface area contributed by atoms with Crippen LogP contribution in [0.15, 0.2) is 46.9 Å². The molecule has 2 atom stereocenters. The van der Waals surface area contributed by atoms with Crippen molar-refractivity contribution in [3.63, 3.8) is 0 Å². The highest BCUT2D eigenvalue weighted by Crippen LogP contribution is 2.26. The standard InChI is InChI=1S/C26H35BrN2O3/c1-6-19(5)28-26(31)23(8-3)29(16-21-11-9-10-18(4)14-21)25(30)17-32-24-13-12-20(7-2)15-22(24)27/h9-15,19,23H,6-8,16-17H2,1-5H3,(H,28,31)/t19-,23+/m0/s1. The third kappa shape index (κ3) is 7.37. The van der Waals surface area contributed by atoms with Gasteiger partial charge in [-0.2, -0.15) is 0 Å². The summed E-state index contributed by atoms with van der Waals surface area (Å²) in [5, 5.41) is 3.03. The molecule has 0 unspecified atom stereocenters. The monoisotopic (exact) mass is 502 g/mol. The molecular formula is C26H35BrN2O3. The van der Waals surface area contributed by atoms with Gasteiger partial charge >= 0.3 is 0 Å². The van der Waals surface area contributed by atoms with Crippen molar-refractivity contribution in [1.29, 1.82) is 0 Å². The van der Waals surface area contributed by atoms with Crippen molar-refractivity contribution in [1.82, 2.24) is 10.2 Å². The summed E-state index contributed by atoms with van der Waals surface area (Å²) in [6.45, 7) is 10.2. The van der Waals surface area contributed by atoms with Gasteiger partial charge in [-0.15, -0.1) is 0 Å². The number of hydrogen-bond acceptors (Lipinski definition) is 3. The number of benzene rings is 2. The van der Waals surface area contributed by atoms with Crippen LogP contribution >= 0.6 is 15.9 Å². The summed E-state index contributed by atoms with van der Waals surface area (Å²) in [4.78, 5) is 27.9. The number of hydrogen-bond donors (Lipinski definition) is 1. The van der Waals surface area contributed by atoms with Gasteiger partial charge in [-0.1, -0.05) is 56.7 Å². The Balaban J connectivity index is 2.23. The lowest BCUT2D eigenvalue weighted by atomic mass is 10.1. The molecule has 0 saturated heterocycles. The van der Waals surface area contributed by atoms with Gasteiger partial charge in [-0.3, -0.25) is 9.59 Å². The fraction of sp³-hybridized carbons (Fsp3) is 0.462. The fourth-order valence-electron chi connectivity index (χ4n) is 3.47. The molecule has 0 saturated carbocycles. The quantitative estimate of drug-likeness (QED) is 0.446. The zero-order valence-corrected chi connectivity index (χ0v) is 21.4. The average Bonchev–Trinajstić information content (AvgIpc) is 2.77. The van der Waals surface area contributed by atoms with Crippen LogP contribution in [0.3, 0.4) is 0 Å². The Morgan fingerprint density at radius 2 is 1.81 bits per heavy atom. The molecule has 1 N–H and O–H groups in total. The highest BCUT2D eigenvalue weighted by Gasteiger charge is 2.29. The molecule has 0 aliphatic carbocycles. The molecular weight excluding hydrogens is 468 g/mol. The molecule has 0 radical (unpaired) electrons. The van der Waals surface area contributed by atoms with Crippen LogP contribution in [0.5, 0.6) is 5.75 Å². The van der Waals surface area contributed by atoms with Crippen molar-refractivity contribution < 1.29 is 14.3 Å². The lowest BCUT2D eigenvalue weighted by molar-refractivity contribution is -0.143. The second-order valence-corrected chi connectivity index (χ2v) is 9.01. The Hall–Kier alpha value is -2.34. The first-order chi connectivity index (χ1) is 15.3. The van der Waals surface area contributed by atoms with E-state index in [1.807, 2.05) is 70.2 Å². The van der Waals surface area contributed by atoms with Crippen LogP contribution < -0.4 is 10.1 Å². The summed E-state index contributed by atoms with van der Waals surface area (Å²) in [6.07, 6.45) is 2.28. The van der Waals surface area contributed by atoms with Crippen LogP contribution in [-0.2, 0) is 22.6 Å². The summed E-state index contributed by atoms with van der Waals surface area (Å²) in [5.41, 5.74) is 3.29. The molecule has 6 heteroatoms. The molecule has 2 amide bonds. The van der Waals surface area contributed by atoms with Crippen molar-refractivity contribution in [2.24, 2.45) is 0 Å². The van der Waals surface area contributed by atoms with Crippen molar-refractivity contribution in [2.45, 2.75) is 72.5 Å². The summed E-state index contributed by atoms with van der Waals surface area (Å²) in [6, 6.07) is 13.4. The number of aryl methyl sites for hydroxylation is 2. The van der Waals surface area contributed by atoms with Gasteiger partial charge in [0.05, 0.1) is 4.47 Å². The van der Waals surface area contributed by atoms with Crippen LogP contribution in [0.25, 0.3) is 0 Å². The summed E-state index contributed by atoms with van der Waals surface area (Å²) >= 11 is 3.52. The Kier molecular flexibility index (Phi) is 10.2. The van der Waals surface area contributed by atoms with Crippen LogP contribution in [0.2, 0.25) is 0 Å². The van der Waals surface area contributed by atoms with Gasteiger partial charge in [0, 0.05) is 12.6 Å². The average molecular weight is 503 g/mol. The molecule has 5 nitrogen and oxygen atoms in total. The van der Waals surface area contributed by atoms with Gasteiger partial charge in [0.2, 0.25) is 5.91 Å². The van der Waals surface area contributed by atoms with Gasteiger partial charge in [-0.25, -0.2) is 0 Å². The van der Waals surface area contributed by atoms with E-state index < -0.39 is 6.04 Å². The van der Waals surface area contributed by atoms with E-state index in [-0.39, 0.29) is 24.5 Å². The molecule has 0 spiro atoms. The topological polar surface area (TPSA) is 58.6 Å². The number of rotatable bonds is 11. The summed E-state index contributed by atoms with van der Waals surface area (Å²) < 4.78 is 6.66. The van der Waals surface area contributed by atoms with Crippen LogP contribution in [-0.4, -0.2) is 35.4 Å². The Morgan fingerprint density at radius 1 is 1.06 bits per heavy atom. The fourth-order valence-corrected chi connectivity index (χ4v) is 4.01. The Morgan fingerprint density at radius 3 is 2.41 bits per heavy atom. The predicted molar refractivity (Wildman–Crippen MR) is 133 cm³/mol. The molecule has 0 aliphatic heterocycles. The van der Waals surface area contributed by atoms with Crippen LogP contribution in [0.4, 0.5) is 0 Å².